The molecule has 6 heteroatoms. The zero-order valence-electron chi connectivity index (χ0n) is 46.0. The van der Waals surface area contributed by atoms with Crippen LogP contribution in [-0.4, -0.2) is 11.3 Å². The third kappa shape index (κ3) is 6.52. The van der Waals surface area contributed by atoms with Crippen molar-refractivity contribution in [2.24, 2.45) is 0 Å². The number of para-hydroxylation sites is 2. The fourth-order valence-corrected chi connectivity index (χ4v) is 14.9. The first-order chi connectivity index (χ1) is 36.9. The number of benzene rings is 9. The van der Waals surface area contributed by atoms with Crippen molar-refractivity contribution in [2.75, 3.05) is 9.80 Å². The van der Waals surface area contributed by atoms with Crippen molar-refractivity contribution in [2.45, 2.75) is 97.8 Å². The maximum Gasteiger partial charge on any atom is 0.265 e. The maximum atomic E-state index is 7.46. The number of nitrogens with zero attached hydrogens (tertiary/aromatic N) is 3. The molecule has 77 heavy (non-hydrogen) atoms. The van der Waals surface area contributed by atoms with Gasteiger partial charge in [-0.3, -0.25) is 0 Å². The maximum absolute atomic E-state index is 7.46. The van der Waals surface area contributed by atoms with Gasteiger partial charge in [0.05, 0.1) is 22.4 Å². The summed E-state index contributed by atoms with van der Waals surface area (Å²) in [5, 5.41) is 6.06. The lowest BCUT2D eigenvalue weighted by Crippen LogP contribution is -2.60. The molecule has 376 valence electrons. The second-order valence-corrected chi connectivity index (χ2v) is 26.8. The lowest BCUT2D eigenvalue weighted by Gasteiger charge is -2.43. The van der Waals surface area contributed by atoms with Crippen LogP contribution in [0.15, 0.2) is 180 Å². The van der Waals surface area contributed by atoms with E-state index in [0.29, 0.717) is 0 Å². The third-order valence-corrected chi connectivity index (χ3v) is 18.9. The zero-order valence-corrected chi connectivity index (χ0v) is 46.8. The molecule has 0 unspecified atom stereocenters. The molecule has 1 aliphatic carbocycles. The predicted molar refractivity (Wildman–Crippen MR) is 331 cm³/mol. The normalized spacial score (nSPS) is 14.7. The second-order valence-electron chi connectivity index (χ2n) is 25.8. The fraction of sp³-hybridized carbons (Fsp3) is 0.211. The minimum Gasteiger partial charge on any atom is -0.454 e. The molecule has 2 aliphatic heterocycles. The Labute approximate surface area is 456 Å². The highest BCUT2D eigenvalue weighted by molar-refractivity contribution is 7.34. The smallest absolute Gasteiger partial charge is 0.265 e. The van der Waals surface area contributed by atoms with E-state index in [1.165, 1.54) is 98.1 Å². The summed E-state index contributed by atoms with van der Waals surface area (Å²) in [4.78, 5) is 5.19. The number of rotatable bonds is 3. The summed E-state index contributed by atoms with van der Waals surface area (Å²) in [6.07, 6.45) is 0. The van der Waals surface area contributed by atoms with Gasteiger partial charge in [-0.2, -0.15) is 0 Å². The summed E-state index contributed by atoms with van der Waals surface area (Å²) in [7, 11) is 0. The number of hydrogen-bond donors (Lipinski definition) is 0. The molecule has 3 aromatic heterocycles. The molecule has 9 aromatic carbocycles. The van der Waals surface area contributed by atoms with Gasteiger partial charge in [0.15, 0.2) is 5.58 Å². The molecule has 0 spiro atoms. The number of anilines is 6. The van der Waals surface area contributed by atoms with Gasteiger partial charge < -0.3 is 18.8 Å². The Balaban J connectivity index is 1.09. The van der Waals surface area contributed by atoms with Gasteiger partial charge in [-0.15, -0.1) is 11.3 Å². The lowest BCUT2D eigenvalue weighted by atomic mass is 9.35. The third-order valence-electron chi connectivity index (χ3n) is 17.6. The van der Waals surface area contributed by atoms with Gasteiger partial charge >= 0.3 is 0 Å². The molecule has 3 aliphatic rings. The molecule has 12 aromatic rings. The van der Waals surface area contributed by atoms with Crippen molar-refractivity contribution in [1.29, 1.82) is 0 Å². The standard InChI is InChI=1S/C71H62BN3OS/c1-68(2,3)41-27-32-44(33-28-41)73-55-24-18-25-56-63(55)72(67-65(51-37-43(70(7,8)9)31-36-61(51)77-67)74(56)45-34-29-42(30-35-45)69(4,5)6)64-58(73)40-59(66-62(64)48-21-14-17-26-60(48)76-66)75-54-23-16-13-20-47(54)50-38-53-49(39-57(50)75)46-19-12-15-22-52(46)71(53,10)11/h12-40H,1-11H3. The highest BCUT2D eigenvalue weighted by Gasteiger charge is 2.47. The molecule has 0 atom stereocenters. The first-order valence-corrected chi connectivity index (χ1v) is 28.4. The molecule has 15 rings (SSSR count). The Morgan fingerprint density at radius 2 is 1.06 bits per heavy atom. The minimum atomic E-state index is -0.137. The van der Waals surface area contributed by atoms with Crippen LogP contribution in [0, 0.1) is 0 Å². The summed E-state index contributed by atoms with van der Waals surface area (Å²) in [5.41, 5.74) is 24.0. The Hall–Kier alpha value is -7.80. The molecule has 5 heterocycles. The van der Waals surface area contributed by atoms with Crippen LogP contribution in [0.2, 0.25) is 0 Å². The van der Waals surface area contributed by atoms with Crippen molar-refractivity contribution in [1.82, 2.24) is 4.57 Å². The van der Waals surface area contributed by atoms with E-state index in [0.717, 1.165) is 50.2 Å². The van der Waals surface area contributed by atoms with Gasteiger partial charge in [-0.25, -0.2) is 0 Å². The van der Waals surface area contributed by atoms with E-state index >= 15 is 0 Å². The van der Waals surface area contributed by atoms with Gasteiger partial charge in [-0.1, -0.05) is 173 Å². The summed E-state index contributed by atoms with van der Waals surface area (Å²) in [5.74, 6) is 0. The van der Waals surface area contributed by atoms with Crippen molar-refractivity contribution in [3.63, 3.8) is 0 Å². The molecular weight excluding hydrogens is 954 g/mol. The van der Waals surface area contributed by atoms with Crippen LogP contribution in [-0.2, 0) is 21.7 Å². The van der Waals surface area contributed by atoms with Crippen LogP contribution in [0.1, 0.15) is 104 Å². The Kier molecular flexibility index (Phi) is 9.46. The van der Waals surface area contributed by atoms with E-state index in [1.54, 1.807) is 0 Å². The van der Waals surface area contributed by atoms with Gasteiger partial charge in [0.25, 0.3) is 6.71 Å². The van der Waals surface area contributed by atoms with Crippen molar-refractivity contribution in [3.05, 3.63) is 204 Å². The van der Waals surface area contributed by atoms with Crippen LogP contribution in [0.5, 0.6) is 0 Å². The zero-order chi connectivity index (χ0) is 52.8. The van der Waals surface area contributed by atoms with Gasteiger partial charge in [0, 0.05) is 70.3 Å². The number of fused-ring (bicyclic) bond motifs is 16. The molecule has 0 N–H and O–H groups in total. The topological polar surface area (TPSA) is 24.6 Å². The van der Waals surface area contributed by atoms with Gasteiger partial charge in [0.2, 0.25) is 0 Å². The van der Waals surface area contributed by atoms with E-state index < -0.39 is 0 Å². The minimum absolute atomic E-state index is 0.00963. The van der Waals surface area contributed by atoms with E-state index in [1.807, 2.05) is 11.3 Å². The number of hydrogen-bond acceptors (Lipinski definition) is 4. The number of furan rings is 1. The first kappa shape index (κ1) is 46.5. The highest BCUT2D eigenvalue weighted by Crippen LogP contribution is 2.54. The van der Waals surface area contributed by atoms with Crippen molar-refractivity contribution >= 4 is 122 Å². The Morgan fingerprint density at radius 1 is 0.455 bits per heavy atom. The molecule has 4 nitrogen and oxygen atoms in total. The largest absolute Gasteiger partial charge is 0.454 e. The Bertz CT molecular complexity index is 4490. The summed E-state index contributed by atoms with van der Waals surface area (Å²) >= 11 is 1.96. The van der Waals surface area contributed by atoms with E-state index in [2.05, 4.69) is 266 Å². The van der Waals surface area contributed by atoms with Crippen LogP contribution in [0.25, 0.3) is 70.6 Å². The number of aromatic nitrogens is 1. The molecular formula is C71H62BN3OS. The molecule has 0 fully saturated rings. The van der Waals surface area contributed by atoms with E-state index in [9.17, 15) is 0 Å². The summed E-state index contributed by atoms with van der Waals surface area (Å²) in [6, 6.07) is 67.3. The summed E-state index contributed by atoms with van der Waals surface area (Å²) < 4.78 is 12.6. The molecule has 0 radical (unpaired) electrons. The van der Waals surface area contributed by atoms with Crippen LogP contribution in [0.3, 0.4) is 0 Å². The second kappa shape index (κ2) is 15.7. The average molecular weight is 1020 g/mol. The molecule has 0 amide bonds. The molecule has 0 saturated carbocycles. The molecule has 0 bridgehead atoms. The fourth-order valence-electron chi connectivity index (χ4n) is 13.6. The van der Waals surface area contributed by atoms with Crippen molar-refractivity contribution < 1.29 is 4.42 Å². The number of thiophene rings is 1. The Morgan fingerprint density at radius 3 is 1.77 bits per heavy atom. The van der Waals surface area contributed by atoms with Crippen molar-refractivity contribution in [3.8, 4) is 16.8 Å². The van der Waals surface area contributed by atoms with E-state index in [4.69, 9.17) is 4.42 Å². The highest BCUT2D eigenvalue weighted by atomic mass is 32.1. The van der Waals surface area contributed by atoms with Gasteiger partial charge in [0.1, 0.15) is 5.58 Å². The van der Waals surface area contributed by atoms with Crippen LogP contribution >= 0.6 is 11.3 Å². The molecule has 0 saturated heterocycles. The first-order valence-electron chi connectivity index (χ1n) is 27.5. The lowest BCUT2D eigenvalue weighted by molar-refractivity contribution is 0.590. The van der Waals surface area contributed by atoms with Crippen LogP contribution < -0.4 is 25.5 Å². The quantitative estimate of drug-likeness (QED) is 0.165. The monoisotopic (exact) mass is 1020 g/mol. The average Bonchev–Trinajstić information content (AvgIpc) is 4.20. The van der Waals surface area contributed by atoms with Crippen LogP contribution in [0.4, 0.5) is 34.1 Å². The predicted octanol–water partition coefficient (Wildman–Crippen LogP) is 18.2. The summed E-state index contributed by atoms with van der Waals surface area (Å²) in [6.45, 7) is 25.5. The van der Waals surface area contributed by atoms with E-state index in [-0.39, 0.29) is 28.4 Å². The van der Waals surface area contributed by atoms with Gasteiger partial charge in [-0.05, 0) is 145 Å². The SMILES string of the molecule is CC(C)(C)c1ccc(N2c3cccc4c3B(c3sc5ccc(C(C)(C)C)cc5c3N4c3ccc(C(C)(C)C)cc3)c3c2cc(-n2c4ccccc4c4cc5c(cc42)-c2ccccc2C5(C)C)c2oc4ccccc4c32)cc1.